The van der Waals surface area contributed by atoms with Gasteiger partial charge in [-0.2, -0.15) is 0 Å². The zero-order valence-corrected chi connectivity index (χ0v) is 29.2. The molecule has 0 bridgehead atoms. The van der Waals surface area contributed by atoms with E-state index in [1.165, 1.54) is 75.1 Å². The lowest BCUT2D eigenvalue weighted by Crippen LogP contribution is -2.10. The number of thiophene rings is 1. The second-order valence-electron chi connectivity index (χ2n) is 13.4. The van der Waals surface area contributed by atoms with Crippen LogP contribution in [-0.2, 0) is 0 Å². The minimum atomic E-state index is 1.11. The molecule has 0 radical (unpaired) electrons. The van der Waals surface area contributed by atoms with Crippen molar-refractivity contribution < 1.29 is 0 Å². The first-order valence-electron chi connectivity index (χ1n) is 17.8. The Kier molecular flexibility index (Phi) is 7.41. The van der Waals surface area contributed by atoms with E-state index in [0.29, 0.717) is 0 Å². The molecule has 0 N–H and O–H groups in total. The Bertz CT molecular complexity index is 2890. The molecular formula is C50H33NS. The van der Waals surface area contributed by atoms with Gasteiger partial charge in [0.1, 0.15) is 0 Å². The Morgan fingerprint density at radius 3 is 1.69 bits per heavy atom. The zero-order chi connectivity index (χ0) is 34.4. The molecule has 9 aromatic carbocycles. The monoisotopic (exact) mass is 679 g/mol. The second kappa shape index (κ2) is 12.7. The summed E-state index contributed by atoms with van der Waals surface area (Å²) in [5.74, 6) is 0. The fraction of sp³-hybridized carbons (Fsp3) is 0. The van der Waals surface area contributed by atoms with Crippen molar-refractivity contribution in [2.45, 2.75) is 0 Å². The van der Waals surface area contributed by atoms with Gasteiger partial charge in [0.05, 0.1) is 0 Å². The van der Waals surface area contributed by atoms with E-state index in [-0.39, 0.29) is 0 Å². The van der Waals surface area contributed by atoms with Crippen molar-refractivity contribution in [3.05, 3.63) is 200 Å². The van der Waals surface area contributed by atoms with Gasteiger partial charge in [-0.05, 0) is 110 Å². The number of nitrogens with zero attached hydrogens (tertiary/aromatic N) is 1. The standard InChI is InChI=1S/C50H33NS/c1-2-11-34(12-3-1)39-16-10-17-44(32-39)51(42-27-23-36(24-28-42)40-22-21-35-13-4-5-14-38(35)31-40)43-29-25-37(26-30-43)47-33-41-15-6-7-18-45(41)50-49(47)46-19-8-9-20-48(46)52-50/h1-33H. The number of rotatable bonds is 6. The molecule has 0 saturated carbocycles. The third-order valence-corrected chi connectivity index (χ3v) is 11.4. The van der Waals surface area contributed by atoms with Crippen molar-refractivity contribution >= 4 is 70.1 Å². The minimum Gasteiger partial charge on any atom is -0.310 e. The predicted molar refractivity (Wildman–Crippen MR) is 225 cm³/mol. The molecule has 0 unspecified atom stereocenters. The van der Waals surface area contributed by atoms with Crippen LogP contribution in [0.2, 0.25) is 0 Å². The molecule has 0 aliphatic carbocycles. The molecule has 1 heterocycles. The maximum atomic E-state index is 2.37. The minimum absolute atomic E-state index is 1.11. The van der Waals surface area contributed by atoms with Gasteiger partial charge in [0.15, 0.2) is 0 Å². The van der Waals surface area contributed by atoms with Gasteiger partial charge in [-0.25, -0.2) is 0 Å². The van der Waals surface area contributed by atoms with Gasteiger partial charge in [-0.3, -0.25) is 0 Å². The first kappa shape index (κ1) is 30.4. The maximum absolute atomic E-state index is 2.37. The molecule has 10 aromatic rings. The number of hydrogen-bond acceptors (Lipinski definition) is 2. The fourth-order valence-corrected chi connectivity index (χ4v) is 8.92. The first-order chi connectivity index (χ1) is 25.8. The summed E-state index contributed by atoms with van der Waals surface area (Å²) in [7, 11) is 0. The Morgan fingerprint density at radius 2 is 0.904 bits per heavy atom. The molecule has 1 nitrogen and oxygen atoms in total. The van der Waals surface area contributed by atoms with Crippen LogP contribution in [0.4, 0.5) is 17.1 Å². The molecular weight excluding hydrogens is 647 g/mol. The smallest absolute Gasteiger partial charge is 0.0467 e. The van der Waals surface area contributed by atoms with Gasteiger partial charge in [-0.15, -0.1) is 11.3 Å². The number of anilines is 3. The van der Waals surface area contributed by atoms with Crippen molar-refractivity contribution in [2.24, 2.45) is 0 Å². The second-order valence-corrected chi connectivity index (χ2v) is 14.4. The molecule has 1 aromatic heterocycles. The van der Waals surface area contributed by atoms with Crippen molar-refractivity contribution in [3.63, 3.8) is 0 Å². The Morgan fingerprint density at radius 1 is 0.327 bits per heavy atom. The van der Waals surface area contributed by atoms with Crippen LogP contribution < -0.4 is 4.90 Å². The summed E-state index contributed by atoms with van der Waals surface area (Å²) < 4.78 is 2.67. The summed E-state index contributed by atoms with van der Waals surface area (Å²) in [5.41, 5.74) is 10.6. The molecule has 244 valence electrons. The van der Waals surface area contributed by atoms with Gasteiger partial charge in [0.25, 0.3) is 0 Å². The van der Waals surface area contributed by atoms with Crippen LogP contribution in [0.15, 0.2) is 200 Å². The fourth-order valence-electron chi connectivity index (χ4n) is 7.65. The highest BCUT2D eigenvalue weighted by Gasteiger charge is 2.17. The summed E-state index contributed by atoms with van der Waals surface area (Å²) in [4.78, 5) is 2.37. The largest absolute Gasteiger partial charge is 0.310 e. The molecule has 0 fully saturated rings. The SMILES string of the molecule is c1ccc(-c2cccc(N(c3ccc(-c4ccc5ccccc5c4)cc3)c3ccc(-c4cc5ccccc5c5sc6ccccc6c45)cc3)c2)cc1. The highest BCUT2D eigenvalue weighted by molar-refractivity contribution is 7.26. The average molecular weight is 680 g/mol. The maximum Gasteiger partial charge on any atom is 0.0467 e. The molecule has 10 rings (SSSR count). The molecule has 0 atom stereocenters. The van der Waals surface area contributed by atoms with Crippen LogP contribution in [-0.4, -0.2) is 0 Å². The lowest BCUT2D eigenvalue weighted by molar-refractivity contribution is 1.28. The van der Waals surface area contributed by atoms with Crippen molar-refractivity contribution in [2.75, 3.05) is 4.90 Å². The summed E-state index contributed by atoms with van der Waals surface area (Å²) in [6.07, 6.45) is 0. The number of hydrogen-bond donors (Lipinski definition) is 0. The highest BCUT2D eigenvalue weighted by Crippen LogP contribution is 2.45. The number of benzene rings is 9. The van der Waals surface area contributed by atoms with Crippen LogP contribution in [0.3, 0.4) is 0 Å². The quantitative estimate of drug-likeness (QED) is 0.169. The van der Waals surface area contributed by atoms with Crippen molar-refractivity contribution in [1.29, 1.82) is 0 Å². The van der Waals surface area contributed by atoms with Crippen LogP contribution >= 0.6 is 11.3 Å². The van der Waals surface area contributed by atoms with Crippen LogP contribution in [0, 0.1) is 0 Å². The van der Waals surface area contributed by atoms with Gasteiger partial charge < -0.3 is 4.90 Å². The average Bonchev–Trinajstić information content (AvgIpc) is 3.62. The molecule has 0 amide bonds. The molecule has 0 aliphatic rings. The van der Waals surface area contributed by atoms with E-state index in [2.05, 4.69) is 205 Å². The lowest BCUT2D eigenvalue weighted by Gasteiger charge is -2.26. The van der Waals surface area contributed by atoms with Crippen LogP contribution in [0.5, 0.6) is 0 Å². The van der Waals surface area contributed by atoms with E-state index in [9.17, 15) is 0 Å². The first-order valence-corrected chi connectivity index (χ1v) is 18.6. The van der Waals surface area contributed by atoms with Crippen LogP contribution in [0.1, 0.15) is 0 Å². The Hall–Kier alpha value is -6.48. The van der Waals surface area contributed by atoms with Gasteiger partial charge in [0, 0.05) is 37.2 Å². The predicted octanol–water partition coefficient (Wildman–Crippen LogP) is 14.8. The highest BCUT2D eigenvalue weighted by atomic mass is 32.1. The van der Waals surface area contributed by atoms with Crippen molar-refractivity contribution in [1.82, 2.24) is 0 Å². The van der Waals surface area contributed by atoms with Gasteiger partial charge >= 0.3 is 0 Å². The summed E-state index contributed by atoms with van der Waals surface area (Å²) in [5, 5.41) is 7.75. The van der Waals surface area contributed by atoms with E-state index in [4.69, 9.17) is 0 Å². The van der Waals surface area contributed by atoms with Crippen LogP contribution in [0.25, 0.3) is 75.1 Å². The summed E-state index contributed by atoms with van der Waals surface area (Å²) in [6.45, 7) is 0. The number of fused-ring (bicyclic) bond motifs is 6. The lowest BCUT2D eigenvalue weighted by atomic mass is 9.95. The zero-order valence-electron chi connectivity index (χ0n) is 28.4. The topological polar surface area (TPSA) is 3.24 Å². The Labute approximate surface area is 307 Å². The van der Waals surface area contributed by atoms with E-state index in [1.54, 1.807) is 0 Å². The molecule has 0 aliphatic heterocycles. The van der Waals surface area contributed by atoms with E-state index >= 15 is 0 Å². The third kappa shape index (κ3) is 5.33. The van der Waals surface area contributed by atoms with Gasteiger partial charge in [0.2, 0.25) is 0 Å². The molecule has 0 saturated heterocycles. The third-order valence-electron chi connectivity index (χ3n) is 10.2. The summed E-state index contributed by atoms with van der Waals surface area (Å²) >= 11 is 1.89. The Balaban J connectivity index is 1.09. The normalized spacial score (nSPS) is 11.5. The van der Waals surface area contributed by atoms with Crippen molar-refractivity contribution in [3.8, 4) is 33.4 Å². The molecule has 52 heavy (non-hydrogen) atoms. The van der Waals surface area contributed by atoms with E-state index in [1.807, 2.05) is 11.3 Å². The van der Waals surface area contributed by atoms with Gasteiger partial charge in [-0.1, -0.05) is 146 Å². The summed E-state index contributed by atoms with van der Waals surface area (Å²) in [6, 6.07) is 72.8. The molecule has 2 heteroatoms. The van der Waals surface area contributed by atoms with E-state index in [0.717, 1.165) is 17.1 Å². The van der Waals surface area contributed by atoms with E-state index < -0.39 is 0 Å². The molecule has 0 spiro atoms.